The van der Waals surface area contributed by atoms with Crippen LogP contribution in [0.5, 0.6) is 0 Å². The number of ether oxygens (including phenoxy) is 2. The maximum Gasteiger partial charge on any atom is 0.407 e. The van der Waals surface area contributed by atoms with E-state index >= 15 is 0 Å². The number of aromatic nitrogens is 4. The highest BCUT2D eigenvalue weighted by molar-refractivity contribution is 7.98. The standard InChI is InChI=1S/C60H72N8O6S2/c1-73-59(71)65-47(25-27-75-3)57(69)67-51-11-7-5-9-41(51)33-53(67)55-61-45-23-21-39(31-49(45)63-55)43-29-35-13-17-37(43)19-15-36-14-18-38(20-16-35)44(30-36)40-22-24-46-50(32-40)64-56(62-46)54-34-42-10-6-8-12-52(42)68(54)58(70)48(26-28-76-4)66-60(72)74-2/h13-14,17-18,21-24,29-32,41-42,47-48,51-54H,5-12,15-16,19-20,25-28,33-34H2,1-4H3,(H,61,63)(H,62,64)(H,65,71)(H,66,72)/t41-,42-,47-,48?,51-,52-,53-,54-/m0/s1. The number of aromatic amines is 2. The maximum absolute atomic E-state index is 14.6. The van der Waals surface area contributed by atoms with Crippen molar-refractivity contribution in [3.8, 4) is 22.3 Å². The van der Waals surface area contributed by atoms with Gasteiger partial charge in [-0.25, -0.2) is 19.6 Å². The van der Waals surface area contributed by atoms with Crippen LogP contribution in [0.25, 0.3) is 44.3 Å². The van der Waals surface area contributed by atoms with E-state index in [9.17, 15) is 19.2 Å². The Kier molecular flexibility index (Phi) is 15.7. The quantitative estimate of drug-likeness (QED) is 0.0822. The molecule has 6 aliphatic carbocycles. The van der Waals surface area contributed by atoms with Crippen molar-refractivity contribution in [3.05, 3.63) is 107 Å². The molecule has 2 aromatic heterocycles. The summed E-state index contributed by atoms with van der Waals surface area (Å²) in [4.78, 5) is 76.0. The summed E-state index contributed by atoms with van der Waals surface area (Å²) in [7, 11) is 2.68. The number of methoxy groups -OCH3 is 2. The van der Waals surface area contributed by atoms with Crippen molar-refractivity contribution in [3.63, 3.8) is 0 Å². The zero-order chi connectivity index (χ0) is 52.5. The van der Waals surface area contributed by atoms with Crippen molar-refractivity contribution in [2.75, 3.05) is 38.2 Å². The number of benzene rings is 4. The minimum atomic E-state index is -0.665. The lowest BCUT2D eigenvalue weighted by Gasteiger charge is -2.36. The molecule has 4 fully saturated rings. The molecule has 8 aliphatic rings. The van der Waals surface area contributed by atoms with Crippen molar-refractivity contribution >= 4 is 69.6 Å². The van der Waals surface area contributed by atoms with Gasteiger partial charge in [0.2, 0.25) is 11.8 Å². The van der Waals surface area contributed by atoms with Crippen molar-refractivity contribution in [1.29, 1.82) is 0 Å². The van der Waals surface area contributed by atoms with Crippen LogP contribution in [0.2, 0.25) is 0 Å². The van der Waals surface area contributed by atoms with Crippen LogP contribution in [0.4, 0.5) is 9.59 Å². The van der Waals surface area contributed by atoms with Gasteiger partial charge in [0.05, 0.1) is 48.4 Å². The molecule has 2 saturated carbocycles. The minimum Gasteiger partial charge on any atom is -0.453 e. The van der Waals surface area contributed by atoms with E-state index in [0.29, 0.717) is 24.7 Å². The number of rotatable bonds is 14. The van der Waals surface area contributed by atoms with Gasteiger partial charge in [0, 0.05) is 12.1 Å². The Morgan fingerprint density at radius 1 is 0.592 bits per heavy atom. The number of thioether (sulfide) groups is 2. The number of nitrogens with zero attached hydrogens (tertiary/aromatic N) is 4. The van der Waals surface area contributed by atoms with Crippen molar-refractivity contribution in [2.24, 2.45) is 11.8 Å². The molecule has 14 rings (SSSR count). The molecular formula is C60H72N8O6S2. The Labute approximate surface area is 454 Å². The van der Waals surface area contributed by atoms with Crippen LogP contribution >= 0.6 is 23.5 Å². The molecule has 16 heteroatoms. The highest BCUT2D eigenvalue weighted by atomic mass is 32.2. The summed E-state index contributed by atoms with van der Waals surface area (Å²) >= 11 is 3.32. The minimum absolute atomic E-state index is 0.0493. The van der Waals surface area contributed by atoms with Gasteiger partial charge in [-0.15, -0.1) is 0 Å². The van der Waals surface area contributed by atoms with Crippen LogP contribution in [0.3, 0.4) is 0 Å². The molecule has 4 bridgehead atoms. The molecule has 4 amide bonds. The van der Waals surface area contributed by atoms with Gasteiger partial charge in [0.15, 0.2) is 0 Å². The number of alkyl carbamates (subject to hydrolysis) is 2. The average molecular weight is 1070 g/mol. The number of imidazole rings is 2. The van der Waals surface area contributed by atoms with Gasteiger partial charge in [-0.3, -0.25) is 9.59 Å². The third kappa shape index (κ3) is 10.6. The van der Waals surface area contributed by atoms with Gasteiger partial charge >= 0.3 is 12.2 Å². The molecule has 0 radical (unpaired) electrons. The summed E-state index contributed by atoms with van der Waals surface area (Å²) in [5.41, 5.74) is 13.5. The highest BCUT2D eigenvalue weighted by Crippen LogP contribution is 2.48. The monoisotopic (exact) mass is 1060 g/mol. The molecule has 4 N–H and O–H groups in total. The highest BCUT2D eigenvalue weighted by Gasteiger charge is 2.49. The maximum atomic E-state index is 14.6. The number of H-pyrrole nitrogens is 2. The van der Waals surface area contributed by atoms with Gasteiger partial charge in [0.1, 0.15) is 23.7 Å². The fourth-order valence-electron chi connectivity index (χ4n) is 13.6. The smallest absolute Gasteiger partial charge is 0.407 e. The van der Waals surface area contributed by atoms with Crippen LogP contribution in [-0.2, 0) is 44.7 Å². The van der Waals surface area contributed by atoms with E-state index < -0.39 is 24.3 Å². The Balaban J connectivity index is 0.842. The Bertz CT molecular complexity index is 2910. The van der Waals surface area contributed by atoms with E-state index in [4.69, 9.17) is 19.4 Å². The van der Waals surface area contributed by atoms with E-state index in [1.807, 2.05) is 12.5 Å². The number of hydrogen-bond donors (Lipinski definition) is 4. The fraction of sp³-hybridized carbons (Fsp3) is 0.500. The molecule has 4 heterocycles. The van der Waals surface area contributed by atoms with E-state index in [1.165, 1.54) is 60.4 Å². The predicted molar refractivity (Wildman–Crippen MR) is 302 cm³/mol. The summed E-state index contributed by atoms with van der Waals surface area (Å²) in [6.07, 6.45) is 17.7. The molecule has 76 heavy (non-hydrogen) atoms. The number of likely N-dealkylation sites (tertiary alicyclic amines) is 2. The second kappa shape index (κ2) is 22.9. The molecule has 6 aromatic rings. The number of carbonyl (C=O) groups is 4. The summed E-state index contributed by atoms with van der Waals surface area (Å²) < 4.78 is 9.92. The van der Waals surface area contributed by atoms with E-state index in [-0.39, 0.29) is 36.0 Å². The summed E-state index contributed by atoms with van der Waals surface area (Å²) in [6.45, 7) is 0. The summed E-state index contributed by atoms with van der Waals surface area (Å²) in [5, 5.41) is 5.73. The molecule has 2 saturated heterocycles. The van der Waals surface area contributed by atoms with Gasteiger partial charge in [0.25, 0.3) is 0 Å². The zero-order valence-electron chi connectivity index (χ0n) is 44.3. The third-order valence-electron chi connectivity index (χ3n) is 17.4. The third-order valence-corrected chi connectivity index (χ3v) is 18.7. The molecular weight excluding hydrogens is 993 g/mol. The summed E-state index contributed by atoms with van der Waals surface area (Å²) in [6, 6.07) is 25.6. The van der Waals surface area contributed by atoms with Gasteiger partial charge < -0.3 is 39.9 Å². The van der Waals surface area contributed by atoms with Crippen LogP contribution < -0.4 is 10.6 Å². The lowest BCUT2D eigenvalue weighted by molar-refractivity contribution is -0.138. The molecule has 2 aliphatic heterocycles. The van der Waals surface area contributed by atoms with E-state index in [1.54, 1.807) is 23.5 Å². The number of fused-ring (bicyclic) bond motifs is 4. The van der Waals surface area contributed by atoms with E-state index in [0.717, 1.165) is 133 Å². The lowest BCUT2D eigenvalue weighted by Crippen LogP contribution is -2.52. The first-order chi connectivity index (χ1) is 37.1. The average Bonchev–Trinajstić information content (AvgIpc) is 4.26. The summed E-state index contributed by atoms with van der Waals surface area (Å²) in [5.74, 6) is 3.81. The van der Waals surface area contributed by atoms with Crippen molar-refractivity contribution in [2.45, 2.75) is 139 Å². The van der Waals surface area contributed by atoms with Crippen LogP contribution in [0, 0.1) is 11.8 Å². The first kappa shape index (κ1) is 52.1. The number of carbonyl (C=O) groups excluding carboxylic acids is 4. The zero-order valence-corrected chi connectivity index (χ0v) is 46.0. The first-order valence-corrected chi connectivity index (χ1v) is 30.4. The molecule has 1 unspecified atom stereocenters. The normalized spacial score (nSPS) is 22.9. The number of hydrogen-bond acceptors (Lipinski definition) is 10. The van der Waals surface area contributed by atoms with Crippen LogP contribution in [-0.4, -0.2) is 116 Å². The molecule has 0 spiro atoms. The van der Waals surface area contributed by atoms with Crippen LogP contribution in [0.1, 0.15) is 123 Å². The largest absolute Gasteiger partial charge is 0.453 e. The fourth-order valence-corrected chi connectivity index (χ4v) is 14.5. The first-order valence-electron chi connectivity index (χ1n) is 27.7. The second-order valence-corrected chi connectivity index (χ2v) is 23.8. The van der Waals surface area contributed by atoms with E-state index in [2.05, 4.69) is 103 Å². The van der Waals surface area contributed by atoms with Gasteiger partial charge in [-0.2, -0.15) is 23.5 Å². The SMILES string of the molecule is COC(=O)NC(CCSC)C(=O)N1[C@H](c2nc3cc(-c4cc5ccc4CCc4ccc(c(-c6ccc7[nH]c([C@@H]8C[C@@H]9CCCC[C@@H]9N8C(=O)[C@H](CCSC)NC(=O)OC)nc7c6)c4)CC5)ccc3[nH]2)C[C@@H]2CCCC[C@@H]21. The lowest BCUT2D eigenvalue weighted by atomic mass is 9.84. The number of aryl methyl sites for hydroxylation is 4. The second-order valence-electron chi connectivity index (χ2n) is 21.8. The molecule has 8 atom stereocenters. The number of amides is 4. The van der Waals surface area contributed by atoms with Gasteiger partial charge in [-0.1, -0.05) is 74.2 Å². The predicted octanol–water partition coefficient (Wildman–Crippen LogP) is 11.3. The van der Waals surface area contributed by atoms with Crippen LogP contribution in [0.15, 0.2) is 72.8 Å². The Morgan fingerprint density at radius 2 is 1.03 bits per heavy atom. The Morgan fingerprint density at radius 3 is 1.45 bits per heavy atom. The van der Waals surface area contributed by atoms with Gasteiger partial charge in [-0.05, 0) is 182 Å². The molecule has 400 valence electrons. The van der Waals surface area contributed by atoms with Crippen molar-refractivity contribution < 1.29 is 28.7 Å². The van der Waals surface area contributed by atoms with Crippen molar-refractivity contribution in [1.82, 2.24) is 40.4 Å². The molecule has 4 aromatic carbocycles. The number of nitrogens with one attached hydrogen (secondary N) is 4. The topological polar surface area (TPSA) is 175 Å². The Hall–Kier alpha value is -6.00. The molecule has 14 nitrogen and oxygen atoms in total.